The summed E-state index contributed by atoms with van der Waals surface area (Å²) in [6.45, 7) is 7.02. The molecule has 0 aliphatic rings. The number of rotatable bonds is 9. The van der Waals surface area contributed by atoms with Crippen molar-refractivity contribution in [3.8, 4) is 11.5 Å². The summed E-state index contributed by atoms with van der Waals surface area (Å²) in [5, 5.41) is 2.86. The molecular weight excluding hydrogens is 284 g/mol. The van der Waals surface area contributed by atoms with Gasteiger partial charge in [-0.1, -0.05) is 6.07 Å². The van der Waals surface area contributed by atoms with Gasteiger partial charge in [0.15, 0.2) is 11.5 Å². The first-order valence-electron chi connectivity index (χ1n) is 7.47. The van der Waals surface area contributed by atoms with Gasteiger partial charge in [0.25, 0.3) is 0 Å². The van der Waals surface area contributed by atoms with Crippen LogP contribution >= 0.6 is 0 Å². The van der Waals surface area contributed by atoms with Crippen molar-refractivity contribution in [2.75, 3.05) is 26.9 Å². The molecule has 1 aromatic carbocycles. The highest BCUT2D eigenvalue weighted by Gasteiger charge is 2.17. The zero-order valence-corrected chi connectivity index (χ0v) is 13.7. The lowest BCUT2D eigenvalue weighted by Gasteiger charge is -2.19. The Bertz CT molecular complexity index is 479. The van der Waals surface area contributed by atoms with Crippen molar-refractivity contribution in [3.63, 3.8) is 0 Å². The lowest BCUT2D eigenvalue weighted by atomic mass is 10.1. The molecule has 6 heteroatoms. The van der Waals surface area contributed by atoms with E-state index < -0.39 is 6.04 Å². The van der Waals surface area contributed by atoms with E-state index in [1.54, 1.807) is 0 Å². The van der Waals surface area contributed by atoms with Crippen LogP contribution in [0.5, 0.6) is 11.5 Å². The highest BCUT2D eigenvalue weighted by molar-refractivity contribution is 5.82. The molecule has 0 aliphatic carbocycles. The number of benzene rings is 1. The van der Waals surface area contributed by atoms with Crippen LogP contribution < -0.4 is 20.5 Å². The highest BCUT2D eigenvalue weighted by Crippen LogP contribution is 2.30. The number of methoxy groups -OCH3 is 1. The molecule has 2 atom stereocenters. The maximum Gasteiger partial charge on any atom is 0.239 e. The van der Waals surface area contributed by atoms with E-state index in [1.807, 2.05) is 39.0 Å². The first-order valence-corrected chi connectivity index (χ1v) is 7.47. The molecule has 1 rings (SSSR count). The molecule has 0 heterocycles. The summed E-state index contributed by atoms with van der Waals surface area (Å²) in [5.41, 5.74) is 6.63. The normalized spacial score (nSPS) is 13.3. The molecule has 0 radical (unpaired) electrons. The Morgan fingerprint density at radius 1 is 1.23 bits per heavy atom. The van der Waals surface area contributed by atoms with Crippen molar-refractivity contribution >= 4 is 5.91 Å². The molecule has 0 saturated carbocycles. The van der Waals surface area contributed by atoms with E-state index in [9.17, 15) is 4.79 Å². The number of carbonyl (C=O) groups is 1. The summed E-state index contributed by atoms with van der Waals surface area (Å²) < 4.78 is 16.0. The van der Waals surface area contributed by atoms with Gasteiger partial charge in [0.2, 0.25) is 5.91 Å². The maximum absolute atomic E-state index is 11.9. The Hall–Kier alpha value is -1.79. The molecule has 6 nitrogen and oxygen atoms in total. The van der Waals surface area contributed by atoms with Crippen LogP contribution in [0.3, 0.4) is 0 Å². The SMILES string of the molecule is CCOc1ccc(C(C)NC(=O)C(N)COC)cc1OCC. The number of carbonyl (C=O) groups excluding carboxylic acids is 1. The molecule has 0 aromatic heterocycles. The predicted octanol–water partition coefficient (Wildman–Crippen LogP) is 1.63. The van der Waals surface area contributed by atoms with Crippen molar-refractivity contribution in [2.24, 2.45) is 5.73 Å². The summed E-state index contributed by atoms with van der Waals surface area (Å²) in [6, 6.07) is 4.76. The van der Waals surface area contributed by atoms with E-state index in [0.29, 0.717) is 24.7 Å². The van der Waals surface area contributed by atoms with E-state index >= 15 is 0 Å². The Morgan fingerprint density at radius 2 is 1.86 bits per heavy atom. The molecule has 0 aliphatic heterocycles. The van der Waals surface area contributed by atoms with E-state index in [1.165, 1.54) is 7.11 Å². The van der Waals surface area contributed by atoms with Crippen molar-refractivity contribution in [1.29, 1.82) is 0 Å². The van der Waals surface area contributed by atoms with Crippen LogP contribution in [0.4, 0.5) is 0 Å². The highest BCUT2D eigenvalue weighted by atomic mass is 16.5. The molecule has 0 fully saturated rings. The lowest BCUT2D eigenvalue weighted by molar-refractivity contribution is -0.124. The third-order valence-electron chi connectivity index (χ3n) is 3.11. The Kier molecular flexibility index (Phi) is 7.70. The molecule has 1 aromatic rings. The molecular formula is C16H26N2O4. The smallest absolute Gasteiger partial charge is 0.239 e. The van der Waals surface area contributed by atoms with E-state index in [4.69, 9.17) is 19.9 Å². The standard InChI is InChI=1S/C16H26N2O4/c1-5-21-14-8-7-12(9-15(14)22-6-2)11(3)18-16(19)13(17)10-20-4/h7-9,11,13H,5-6,10,17H2,1-4H3,(H,18,19). The second-order valence-corrected chi connectivity index (χ2v) is 4.86. The van der Waals surface area contributed by atoms with Gasteiger partial charge in [-0.25, -0.2) is 0 Å². The fourth-order valence-electron chi connectivity index (χ4n) is 2.00. The average molecular weight is 310 g/mol. The number of hydrogen-bond donors (Lipinski definition) is 2. The molecule has 0 bridgehead atoms. The minimum absolute atomic E-state index is 0.187. The second kappa shape index (κ2) is 9.27. The molecule has 124 valence electrons. The van der Waals surface area contributed by atoms with Crippen LogP contribution in [0.15, 0.2) is 18.2 Å². The first kappa shape index (κ1) is 18.3. The van der Waals surface area contributed by atoms with Crippen LogP contribution in [0.25, 0.3) is 0 Å². The van der Waals surface area contributed by atoms with Crippen molar-refractivity contribution in [2.45, 2.75) is 32.9 Å². The Balaban J connectivity index is 2.82. The van der Waals surface area contributed by atoms with E-state index in [0.717, 1.165) is 5.56 Å². The van der Waals surface area contributed by atoms with E-state index in [-0.39, 0.29) is 18.6 Å². The zero-order valence-electron chi connectivity index (χ0n) is 13.7. The zero-order chi connectivity index (χ0) is 16.5. The van der Waals surface area contributed by atoms with Gasteiger partial charge >= 0.3 is 0 Å². The third-order valence-corrected chi connectivity index (χ3v) is 3.11. The van der Waals surface area contributed by atoms with Crippen LogP contribution in [0, 0.1) is 0 Å². The van der Waals surface area contributed by atoms with Gasteiger partial charge in [0.1, 0.15) is 6.04 Å². The first-order chi connectivity index (χ1) is 10.5. The van der Waals surface area contributed by atoms with Gasteiger partial charge in [-0.2, -0.15) is 0 Å². The van der Waals surface area contributed by atoms with Crippen LogP contribution in [-0.2, 0) is 9.53 Å². The summed E-state index contributed by atoms with van der Waals surface area (Å²) in [7, 11) is 1.51. The molecule has 22 heavy (non-hydrogen) atoms. The minimum Gasteiger partial charge on any atom is -0.490 e. The quantitative estimate of drug-likeness (QED) is 0.724. The van der Waals surface area contributed by atoms with Crippen molar-refractivity contribution < 1.29 is 19.0 Å². The number of hydrogen-bond acceptors (Lipinski definition) is 5. The Morgan fingerprint density at radius 3 is 2.45 bits per heavy atom. The number of ether oxygens (including phenoxy) is 3. The summed E-state index contributed by atoms with van der Waals surface area (Å²) in [4.78, 5) is 11.9. The molecule has 1 amide bonds. The minimum atomic E-state index is -0.679. The largest absolute Gasteiger partial charge is 0.490 e. The topological polar surface area (TPSA) is 82.8 Å². The fraction of sp³-hybridized carbons (Fsp3) is 0.562. The average Bonchev–Trinajstić information content (AvgIpc) is 2.49. The van der Waals surface area contributed by atoms with Crippen LogP contribution in [0.2, 0.25) is 0 Å². The predicted molar refractivity (Wildman–Crippen MR) is 85.2 cm³/mol. The van der Waals surface area contributed by atoms with Crippen LogP contribution in [-0.4, -0.2) is 38.9 Å². The molecule has 2 unspecified atom stereocenters. The second-order valence-electron chi connectivity index (χ2n) is 4.86. The number of nitrogens with two attached hydrogens (primary N) is 1. The van der Waals surface area contributed by atoms with Gasteiger partial charge in [0, 0.05) is 7.11 Å². The van der Waals surface area contributed by atoms with Gasteiger partial charge < -0.3 is 25.3 Å². The van der Waals surface area contributed by atoms with Gasteiger partial charge in [-0.3, -0.25) is 4.79 Å². The molecule has 0 saturated heterocycles. The third kappa shape index (κ3) is 5.20. The van der Waals surface area contributed by atoms with Crippen molar-refractivity contribution in [3.05, 3.63) is 23.8 Å². The summed E-state index contributed by atoms with van der Waals surface area (Å²) >= 11 is 0. The monoisotopic (exact) mass is 310 g/mol. The van der Waals surface area contributed by atoms with Gasteiger partial charge in [-0.05, 0) is 38.5 Å². The number of amides is 1. The van der Waals surface area contributed by atoms with Gasteiger partial charge in [-0.15, -0.1) is 0 Å². The van der Waals surface area contributed by atoms with Crippen LogP contribution in [0.1, 0.15) is 32.4 Å². The summed E-state index contributed by atoms with van der Waals surface area (Å²) in [6.07, 6.45) is 0. The lowest BCUT2D eigenvalue weighted by Crippen LogP contribution is -2.44. The molecule has 3 N–H and O–H groups in total. The maximum atomic E-state index is 11.9. The van der Waals surface area contributed by atoms with Crippen molar-refractivity contribution in [1.82, 2.24) is 5.32 Å². The number of nitrogens with one attached hydrogen (secondary N) is 1. The fourth-order valence-corrected chi connectivity index (χ4v) is 2.00. The molecule has 0 spiro atoms. The Labute approximate surface area is 131 Å². The van der Waals surface area contributed by atoms with E-state index in [2.05, 4.69) is 5.32 Å². The van der Waals surface area contributed by atoms with Gasteiger partial charge in [0.05, 0.1) is 25.9 Å². The summed E-state index contributed by atoms with van der Waals surface area (Å²) in [5.74, 6) is 1.12.